The monoisotopic (exact) mass is 387 g/mol. The van der Waals surface area contributed by atoms with Gasteiger partial charge in [-0.2, -0.15) is 0 Å². The average molecular weight is 388 g/mol. The van der Waals surface area contributed by atoms with E-state index in [0.717, 1.165) is 31.5 Å². The van der Waals surface area contributed by atoms with Crippen molar-refractivity contribution in [2.75, 3.05) is 25.2 Å². The van der Waals surface area contributed by atoms with Gasteiger partial charge in [0.1, 0.15) is 0 Å². The van der Waals surface area contributed by atoms with Crippen LogP contribution in [0.3, 0.4) is 0 Å². The summed E-state index contributed by atoms with van der Waals surface area (Å²) in [5.74, 6) is -0.352. The molecule has 9 heteroatoms. The SMILES string of the molecule is CN1CCc2nc(NC(=O)c3cccc(S(C)(=O)=O)c3)sc2C1.Cl. The number of rotatable bonds is 3. The van der Waals surface area contributed by atoms with E-state index in [1.807, 2.05) is 0 Å². The van der Waals surface area contributed by atoms with Crippen LogP contribution in [0.5, 0.6) is 0 Å². The van der Waals surface area contributed by atoms with Crippen LogP contribution >= 0.6 is 23.7 Å². The third-order valence-corrected chi connectivity index (χ3v) is 5.78. The van der Waals surface area contributed by atoms with E-state index in [1.165, 1.54) is 28.3 Å². The fraction of sp³-hybridized carbons (Fsp3) is 0.333. The maximum atomic E-state index is 12.3. The van der Waals surface area contributed by atoms with Crippen molar-refractivity contribution in [3.05, 3.63) is 40.4 Å². The molecule has 24 heavy (non-hydrogen) atoms. The minimum Gasteiger partial charge on any atom is -0.301 e. The molecule has 0 atom stereocenters. The predicted molar refractivity (Wildman–Crippen MR) is 96.9 cm³/mol. The number of thiazole rings is 1. The number of halogens is 1. The van der Waals surface area contributed by atoms with Gasteiger partial charge in [-0.25, -0.2) is 13.4 Å². The lowest BCUT2D eigenvalue weighted by atomic mass is 10.2. The molecule has 1 amide bonds. The van der Waals surface area contributed by atoms with Crippen molar-refractivity contribution in [2.24, 2.45) is 0 Å². The first kappa shape index (κ1) is 18.9. The zero-order chi connectivity index (χ0) is 16.6. The summed E-state index contributed by atoms with van der Waals surface area (Å²) < 4.78 is 23.2. The van der Waals surface area contributed by atoms with Crippen molar-refractivity contribution in [1.29, 1.82) is 0 Å². The Kier molecular flexibility index (Phi) is 5.64. The third-order valence-electron chi connectivity index (χ3n) is 3.67. The first-order valence-corrected chi connectivity index (χ1v) is 9.82. The van der Waals surface area contributed by atoms with E-state index in [-0.39, 0.29) is 23.2 Å². The Labute approximate surface area is 151 Å². The number of amides is 1. The van der Waals surface area contributed by atoms with E-state index in [9.17, 15) is 13.2 Å². The Bertz CT molecular complexity index is 865. The van der Waals surface area contributed by atoms with Crippen LogP contribution in [0.25, 0.3) is 0 Å². The van der Waals surface area contributed by atoms with Crippen molar-refractivity contribution >= 4 is 44.6 Å². The molecule has 1 N–H and O–H groups in total. The highest BCUT2D eigenvalue weighted by molar-refractivity contribution is 7.90. The Morgan fingerprint density at radius 1 is 1.38 bits per heavy atom. The average Bonchev–Trinajstić information content (AvgIpc) is 2.87. The van der Waals surface area contributed by atoms with Gasteiger partial charge in [0.05, 0.1) is 10.6 Å². The number of carbonyl (C=O) groups is 1. The summed E-state index contributed by atoms with van der Waals surface area (Å²) in [7, 11) is -1.29. The van der Waals surface area contributed by atoms with Gasteiger partial charge in [-0.3, -0.25) is 10.1 Å². The van der Waals surface area contributed by atoms with Gasteiger partial charge in [-0.1, -0.05) is 6.07 Å². The highest BCUT2D eigenvalue weighted by atomic mass is 35.5. The topological polar surface area (TPSA) is 79.4 Å². The molecular weight excluding hydrogens is 370 g/mol. The normalized spacial score (nSPS) is 14.6. The second-order valence-corrected chi connectivity index (χ2v) is 8.73. The second kappa shape index (κ2) is 7.18. The lowest BCUT2D eigenvalue weighted by Gasteiger charge is -2.20. The Balaban J connectivity index is 0.00000208. The number of likely N-dealkylation sites (N-methyl/N-ethyl adjacent to an activating group) is 1. The number of carbonyl (C=O) groups excluding carboxylic acids is 1. The summed E-state index contributed by atoms with van der Waals surface area (Å²) in [6.45, 7) is 1.80. The highest BCUT2D eigenvalue weighted by Gasteiger charge is 2.19. The van der Waals surface area contributed by atoms with Crippen LogP contribution in [-0.4, -0.2) is 44.1 Å². The summed E-state index contributed by atoms with van der Waals surface area (Å²) in [6, 6.07) is 6.01. The number of nitrogens with one attached hydrogen (secondary N) is 1. The minimum atomic E-state index is -3.34. The molecule has 6 nitrogen and oxygen atoms in total. The lowest BCUT2D eigenvalue weighted by molar-refractivity contribution is 0.102. The molecule has 0 spiro atoms. The third kappa shape index (κ3) is 4.13. The standard InChI is InChI=1S/C15H17N3O3S2.ClH/c1-18-7-6-12-13(9-18)22-15(16-12)17-14(19)10-4-3-5-11(8-10)23(2,20)21;/h3-5,8H,6-7,9H2,1-2H3,(H,16,17,19);1H. The fourth-order valence-corrected chi connectivity index (χ4v) is 4.16. The number of hydrogen-bond donors (Lipinski definition) is 1. The molecule has 0 aliphatic carbocycles. The summed E-state index contributed by atoms with van der Waals surface area (Å²) in [6.07, 6.45) is 2.00. The van der Waals surface area contributed by atoms with Crippen molar-refractivity contribution < 1.29 is 13.2 Å². The van der Waals surface area contributed by atoms with Crippen LogP contribution < -0.4 is 5.32 Å². The summed E-state index contributed by atoms with van der Waals surface area (Å²) >= 11 is 1.47. The molecule has 1 aromatic heterocycles. The number of anilines is 1. The van der Waals surface area contributed by atoms with Gasteiger partial charge in [0.2, 0.25) is 0 Å². The molecule has 130 valence electrons. The van der Waals surface area contributed by atoms with Crippen LogP contribution in [0, 0.1) is 0 Å². The molecule has 2 aromatic rings. The molecule has 0 unspecified atom stereocenters. The molecule has 1 aliphatic rings. The Morgan fingerprint density at radius 3 is 2.83 bits per heavy atom. The summed E-state index contributed by atoms with van der Waals surface area (Å²) in [5.41, 5.74) is 1.34. The molecular formula is C15H18ClN3O3S2. The Morgan fingerprint density at radius 2 is 2.12 bits per heavy atom. The van der Waals surface area contributed by atoms with E-state index >= 15 is 0 Å². The van der Waals surface area contributed by atoms with Gasteiger partial charge in [0.25, 0.3) is 5.91 Å². The lowest BCUT2D eigenvalue weighted by Crippen LogP contribution is -2.25. The van der Waals surface area contributed by atoms with Crippen LogP contribution in [0.2, 0.25) is 0 Å². The number of fused-ring (bicyclic) bond motifs is 1. The smallest absolute Gasteiger partial charge is 0.257 e. The van der Waals surface area contributed by atoms with Crippen molar-refractivity contribution in [1.82, 2.24) is 9.88 Å². The first-order chi connectivity index (χ1) is 10.8. The van der Waals surface area contributed by atoms with E-state index < -0.39 is 9.84 Å². The number of hydrogen-bond acceptors (Lipinski definition) is 6. The van der Waals surface area contributed by atoms with Gasteiger partial charge < -0.3 is 4.90 Å². The molecule has 0 saturated heterocycles. The molecule has 0 radical (unpaired) electrons. The summed E-state index contributed by atoms with van der Waals surface area (Å²) in [4.78, 5) is 20.3. The number of benzene rings is 1. The molecule has 0 saturated carbocycles. The number of aromatic nitrogens is 1. The minimum absolute atomic E-state index is 0. The second-order valence-electron chi connectivity index (χ2n) is 5.63. The number of sulfone groups is 1. The largest absolute Gasteiger partial charge is 0.301 e. The maximum Gasteiger partial charge on any atom is 0.257 e. The number of nitrogens with zero attached hydrogens (tertiary/aromatic N) is 2. The van der Waals surface area contributed by atoms with E-state index in [4.69, 9.17) is 0 Å². The van der Waals surface area contributed by atoms with E-state index in [0.29, 0.717) is 10.7 Å². The molecule has 1 aliphatic heterocycles. The van der Waals surface area contributed by atoms with Crippen molar-refractivity contribution in [3.63, 3.8) is 0 Å². The van der Waals surface area contributed by atoms with Crippen LogP contribution in [-0.2, 0) is 22.8 Å². The van der Waals surface area contributed by atoms with Gasteiger partial charge in [-0.15, -0.1) is 23.7 Å². The molecule has 0 fully saturated rings. The molecule has 1 aromatic carbocycles. The zero-order valence-corrected chi connectivity index (χ0v) is 15.7. The van der Waals surface area contributed by atoms with Gasteiger partial charge in [0.15, 0.2) is 15.0 Å². The highest BCUT2D eigenvalue weighted by Crippen LogP contribution is 2.28. The predicted octanol–water partition coefficient (Wildman–Crippen LogP) is 2.21. The first-order valence-electron chi connectivity index (χ1n) is 7.11. The van der Waals surface area contributed by atoms with Gasteiger partial charge >= 0.3 is 0 Å². The maximum absolute atomic E-state index is 12.3. The van der Waals surface area contributed by atoms with Crippen molar-refractivity contribution in [3.8, 4) is 0 Å². The fourth-order valence-electron chi connectivity index (χ4n) is 2.41. The quantitative estimate of drug-likeness (QED) is 0.873. The van der Waals surface area contributed by atoms with E-state index in [1.54, 1.807) is 12.1 Å². The van der Waals surface area contributed by atoms with E-state index in [2.05, 4.69) is 22.2 Å². The van der Waals surface area contributed by atoms with Crippen LogP contribution in [0.15, 0.2) is 29.2 Å². The van der Waals surface area contributed by atoms with Gasteiger partial charge in [-0.05, 0) is 25.2 Å². The Hall–Kier alpha value is -1.48. The summed E-state index contributed by atoms with van der Waals surface area (Å²) in [5, 5.41) is 3.32. The van der Waals surface area contributed by atoms with Crippen molar-refractivity contribution in [2.45, 2.75) is 17.9 Å². The molecule has 0 bridgehead atoms. The molecule has 3 rings (SSSR count). The van der Waals surface area contributed by atoms with Crippen LogP contribution in [0.1, 0.15) is 20.9 Å². The van der Waals surface area contributed by atoms with Crippen LogP contribution in [0.4, 0.5) is 5.13 Å². The van der Waals surface area contributed by atoms with Gasteiger partial charge in [0, 0.05) is 36.2 Å². The molecule has 2 heterocycles. The zero-order valence-electron chi connectivity index (χ0n) is 13.3.